The number of rotatable bonds is 7. The van der Waals surface area contributed by atoms with Crippen molar-refractivity contribution in [1.29, 1.82) is 0 Å². The standard InChI is InChI=1S/C29H37N3O3.ClH/c1-5-32(6-2)28(33)27-20(3)25-16-22-18-31(19-24-11-8-14-35-24)13-12-29(22,17-26(25)30-27)21-9-7-10-23(15-21)34-4;/h7-11,14-15,22,30H,5-6,12-13,16-19H2,1-4H3;1H/t22-,29+;/m1./s1. The molecule has 2 aromatic heterocycles. The first-order chi connectivity index (χ1) is 17.0. The van der Waals surface area contributed by atoms with E-state index in [0.29, 0.717) is 5.92 Å². The second-order valence-electron chi connectivity index (χ2n) is 10.1. The number of fused-ring (bicyclic) bond motifs is 2. The van der Waals surface area contributed by atoms with Crippen LogP contribution in [0.5, 0.6) is 5.75 Å². The number of nitrogens with one attached hydrogen (secondary N) is 1. The number of piperidine rings is 1. The minimum absolute atomic E-state index is 0. The lowest BCUT2D eigenvalue weighted by atomic mass is 9.58. The van der Waals surface area contributed by atoms with E-state index in [1.54, 1.807) is 13.4 Å². The number of carbonyl (C=O) groups is 1. The molecule has 1 N–H and O–H groups in total. The molecule has 5 rings (SSSR count). The summed E-state index contributed by atoms with van der Waals surface area (Å²) in [5, 5.41) is 0. The number of halogens is 1. The Morgan fingerprint density at radius 2 is 2.06 bits per heavy atom. The Morgan fingerprint density at radius 3 is 2.75 bits per heavy atom. The van der Waals surface area contributed by atoms with Gasteiger partial charge >= 0.3 is 0 Å². The van der Waals surface area contributed by atoms with Gasteiger partial charge in [0, 0.05) is 30.7 Å². The van der Waals surface area contributed by atoms with E-state index in [1.165, 1.54) is 16.8 Å². The Bertz CT molecular complexity index is 1180. The first-order valence-electron chi connectivity index (χ1n) is 12.9. The summed E-state index contributed by atoms with van der Waals surface area (Å²) in [6.07, 6.45) is 4.70. The molecule has 36 heavy (non-hydrogen) atoms. The third-order valence-electron chi connectivity index (χ3n) is 8.41. The van der Waals surface area contributed by atoms with Crippen LogP contribution >= 0.6 is 12.4 Å². The van der Waals surface area contributed by atoms with E-state index in [0.717, 1.165) is 74.8 Å². The molecule has 0 spiro atoms. The summed E-state index contributed by atoms with van der Waals surface area (Å²) in [7, 11) is 1.73. The molecule has 2 aliphatic rings. The molecule has 0 bridgehead atoms. The van der Waals surface area contributed by atoms with E-state index in [4.69, 9.17) is 9.15 Å². The van der Waals surface area contributed by atoms with Gasteiger partial charge in [0.15, 0.2) is 0 Å². The fourth-order valence-electron chi connectivity index (χ4n) is 6.38. The number of H-pyrrole nitrogens is 1. The van der Waals surface area contributed by atoms with Crippen molar-refractivity contribution in [3.63, 3.8) is 0 Å². The molecule has 7 heteroatoms. The predicted octanol–water partition coefficient (Wildman–Crippen LogP) is 5.39. The van der Waals surface area contributed by atoms with Crippen molar-refractivity contribution < 1.29 is 13.9 Å². The lowest BCUT2D eigenvalue weighted by molar-refractivity contribution is 0.0715. The highest BCUT2D eigenvalue weighted by Gasteiger charge is 2.48. The number of ether oxygens (including phenoxy) is 1. The normalized spacial score (nSPS) is 21.3. The largest absolute Gasteiger partial charge is 0.497 e. The fraction of sp³-hybridized carbons (Fsp3) is 0.483. The third-order valence-corrected chi connectivity index (χ3v) is 8.41. The van der Waals surface area contributed by atoms with E-state index in [1.807, 2.05) is 30.9 Å². The van der Waals surface area contributed by atoms with E-state index in [9.17, 15) is 4.79 Å². The van der Waals surface area contributed by atoms with Crippen molar-refractivity contribution >= 4 is 18.3 Å². The zero-order valence-corrected chi connectivity index (χ0v) is 22.6. The Balaban J connectivity index is 0.00000304. The van der Waals surface area contributed by atoms with Crippen LogP contribution < -0.4 is 4.74 Å². The molecular weight excluding hydrogens is 474 g/mol. The van der Waals surface area contributed by atoms with Crippen LogP contribution in [0.2, 0.25) is 0 Å². The average Bonchev–Trinajstić information content (AvgIpc) is 3.51. The van der Waals surface area contributed by atoms with E-state index in [-0.39, 0.29) is 23.7 Å². The number of aromatic nitrogens is 1. The first-order valence-corrected chi connectivity index (χ1v) is 12.9. The van der Waals surface area contributed by atoms with Crippen LogP contribution in [0.4, 0.5) is 0 Å². The van der Waals surface area contributed by atoms with Gasteiger partial charge in [-0.3, -0.25) is 9.69 Å². The van der Waals surface area contributed by atoms with Gasteiger partial charge in [-0.1, -0.05) is 12.1 Å². The number of amides is 1. The molecule has 3 aromatic rings. The predicted molar refractivity (Wildman–Crippen MR) is 144 cm³/mol. The summed E-state index contributed by atoms with van der Waals surface area (Å²) >= 11 is 0. The number of furan rings is 1. The fourth-order valence-corrected chi connectivity index (χ4v) is 6.38. The number of hydrogen-bond acceptors (Lipinski definition) is 4. The topological polar surface area (TPSA) is 61.7 Å². The van der Waals surface area contributed by atoms with Crippen LogP contribution in [0.25, 0.3) is 0 Å². The Labute approximate surface area is 220 Å². The minimum Gasteiger partial charge on any atom is -0.497 e. The second kappa shape index (κ2) is 10.7. The molecule has 6 nitrogen and oxygen atoms in total. The van der Waals surface area contributed by atoms with Gasteiger partial charge in [0.25, 0.3) is 5.91 Å². The zero-order valence-electron chi connectivity index (χ0n) is 21.8. The van der Waals surface area contributed by atoms with Gasteiger partial charge in [-0.05, 0) is 93.5 Å². The number of benzene rings is 1. The van der Waals surface area contributed by atoms with Crippen LogP contribution in [-0.4, -0.2) is 54.0 Å². The molecule has 0 saturated carbocycles. The average molecular weight is 512 g/mol. The van der Waals surface area contributed by atoms with Gasteiger partial charge in [0.1, 0.15) is 17.2 Å². The number of carbonyl (C=O) groups excluding carboxylic acids is 1. The maximum absolute atomic E-state index is 13.3. The van der Waals surface area contributed by atoms with Gasteiger partial charge in [0.2, 0.25) is 0 Å². The molecule has 194 valence electrons. The Hall–Kier alpha value is -2.70. The summed E-state index contributed by atoms with van der Waals surface area (Å²) < 4.78 is 11.3. The Kier molecular flexibility index (Phi) is 7.86. The lowest BCUT2D eigenvalue weighted by Crippen LogP contribution is -2.53. The van der Waals surface area contributed by atoms with Crippen LogP contribution in [0.3, 0.4) is 0 Å². The molecule has 1 aliphatic heterocycles. The van der Waals surface area contributed by atoms with Crippen LogP contribution in [0.1, 0.15) is 58.9 Å². The molecule has 1 saturated heterocycles. The highest BCUT2D eigenvalue weighted by atomic mass is 35.5. The van der Waals surface area contributed by atoms with Crippen molar-refractivity contribution in [3.8, 4) is 5.75 Å². The quantitative estimate of drug-likeness (QED) is 0.462. The zero-order chi connectivity index (χ0) is 24.6. The van der Waals surface area contributed by atoms with Crippen LogP contribution in [0, 0.1) is 12.8 Å². The van der Waals surface area contributed by atoms with Gasteiger partial charge in [-0.2, -0.15) is 0 Å². The number of hydrogen-bond donors (Lipinski definition) is 1. The summed E-state index contributed by atoms with van der Waals surface area (Å²) in [4.78, 5) is 21.3. The molecule has 1 fully saturated rings. The molecule has 3 heterocycles. The first kappa shape index (κ1) is 26.4. The number of likely N-dealkylation sites (tertiary alicyclic amines) is 1. The monoisotopic (exact) mass is 511 g/mol. The smallest absolute Gasteiger partial charge is 0.270 e. The molecule has 1 aromatic carbocycles. The number of methoxy groups -OCH3 is 1. The number of aromatic amines is 1. The maximum Gasteiger partial charge on any atom is 0.270 e. The van der Waals surface area contributed by atoms with Gasteiger partial charge in [-0.25, -0.2) is 0 Å². The second-order valence-corrected chi connectivity index (χ2v) is 10.1. The highest BCUT2D eigenvalue weighted by molar-refractivity contribution is 5.94. The molecule has 1 amide bonds. The van der Waals surface area contributed by atoms with E-state index in [2.05, 4.69) is 41.1 Å². The lowest BCUT2D eigenvalue weighted by Gasteiger charge is -2.51. The van der Waals surface area contributed by atoms with Crippen molar-refractivity contribution in [2.24, 2.45) is 5.92 Å². The molecule has 2 atom stereocenters. The van der Waals surface area contributed by atoms with E-state index >= 15 is 0 Å². The minimum atomic E-state index is 0. The SMILES string of the molecule is CCN(CC)C(=O)c1[nH]c2c(c1C)C[C@@H]1CN(Cc3ccco3)CC[C@@]1(c1cccc(OC)c1)C2.Cl. The highest BCUT2D eigenvalue weighted by Crippen LogP contribution is 2.49. The summed E-state index contributed by atoms with van der Waals surface area (Å²) in [6, 6.07) is 12.6. The Morgan fingerprint density at radius 1 is 1.25 bits per heavy atom. The molecular formula is C29H38ClN3O3. The van der Waals surface area contributed by atoms with Crippen LogP contribution in [-0.2, 0) is 24.8 Å². The van der Waals surface area contributed by atoms with Gasteiger partial charge in [0.05, 0.1) is 19.9 Å². The van der Waals surface area contributed by atoms with Crippen LogP contribution in [0.15, 0.2) is 47.1 Å². The maximum atomic E-state index is 13.3. The van der Waals surface area contributed by atoms with E-state index < -0.39 is 0 Å². The van der Waals surface area contributed by atoms with Gasteiger partial charge < -0.3 is 19.0 Å². The summed E-state index contributed by atoms with van der Waals surface area (Å²) in [6.45, 7) is 10.5. The third kappa shape index (κ3) is 4.57. The van der Waals surface area contributed by atoms with Crippen molar-refractivity contribution in [3.05, 3.63) is 76.5 Å². The number of nitrogens with zero attached hydrogens (tertiary/aromatic N) is 2. The van der Waals surface area contributed by atoms with Gasteiger partial charge in [-0.15, -0.1) is 12.4 Å². The molecule has 0 unspecified atom stereocenters. The summed E-state index contributed by atoms with van der Waals surface area (Å²) in [5.41, 5.74) is 5.81. The molecule has 1 aliphatic carbocycles. The van der Waals surface area contributed by atoms with Crippen molar-refractivity contribution in [2.45, 2.75) is 52.0 Å². The van der Waals surface area contributed by atoms with Crippen molar-refractivity contribution in [1.82, 2.24) is 14.8 Å². The summed E-state index contributed by atoms with van der Waals surface area (Å²) in [5.74, 6) is 2.47. The van der Waals surface area contributed by atoms with Crippen molar-refractivity contribution in [2.75, 3.05) is 33.3 Å². The molecule has 0 radical (unpaired) electrons.